The molecule has 1 heterocycles. The molecule has 1 aromatic heterocycles. The van der Waals surface area contributed by atoms with Crippen LogP contribution in [0.5, 0.6) is 0 Å². The minimum atomic E-state index is -1.60. The molecule has 0 saturated heterocycles. The van der Waals surface area contributed by atoms with E-state index in [1.54, 1.807) is 12.3 Å². The molecule has 0 saturated carbocycles. The van der Waals surface area contributed by atoms with Crippen LogP contribution >= 0.6 is 0 Å². The number of carboxylic acids is 1. The van der Waals surface area contributed by atoms with Gasteiger partial charge < -0.3 is 20.8 Å². The van der Waals surface area contributed by atoms with Crippen molar-refractivity contribution in [2.24, 2.45) is 0 Å². The van der Waals surface area contributed by atoms with Gasteiger partial charge in [0.15, 0.2) is 6.10 Å². The molecule has 0 aromatic carbocycles. The van der Waals surface area contributed by atoms with E-state index in [9.17, 15) is 9.59 Å². The summed E-state index contributed by atoms with van der Waals surface area (Å²) in [5.74, 6) is -1.38. The predicted octanol–water partition coefficient (Wildman–Crippen LogP) is -0.365. The topological polar surface area (TPSA) is 112 Å². The lowest BCUT2D eigenvalue weighted by Gasteiger charge is -2.10. The summed E-state index contributed by atoms with van der Waals surface area (Å²) in [4.78, 5) is 25.7. The minimum Gasteiger partial charge on any atom is -0.479 e. The van der Waals surface area contributed by atoms with Crippen molar-refractivity contribution in [3.63, 3.8) is 0 Å². The van der Waals surface area contributed by atoms with Gasteiger partial charge in [0.05, 0.1) is 18.8 Å². The fraction of sp³-hybridized carbons (Fsp3) is 0.364. The lowest BCUT2D eigenvalue weighted by Crippen LogP contribution is -2.41. The van der Waals surface area contributed by atoms with E-state index in [2.05, 4.69) is 15.6 Å². The molecule has 1 unspecified atom stereocenters. The van der Waals surface area contributed by atoms with Crippen LogP contribution in [-0.2, 0) is 11.3 Å². The third-order valence-corrected chi connectivity index (χ3v) is 2.28. The summed E-state index contributed by atoms with van der Waals surface area (Å²) in [7, 11) is 0. The molecule has 2 amide bonds. The maximum Gasteiger partial charge on any atom is 0.334 e. The summed E-state index contributed by atoms with van der Waals surface area (Å²) in [5, 5.41) is 22.1. The third kappa shape index (κ3) is 4.38. The first-order valence-electron chi connectivity index (χ1n) is 5.33. The highest BCUT2D eigenvalue weighted by molar-refractivity contribution is 5.76. The highest BCUT2D eigenvalue weighted by atomic mass is 16.4. The fourth-order valence-corrected chi connectivity index (χ4v) is 1.21. The lowest BCUT2D eigenvalue weighted by molar-refractivity contribution is -0.146. The molecule has 18 heavy (non-hydrogen) atoms. The second-order valence-corrected chi connectivity index (χ2v) is 3.68. The molecule has 0 aliphatic carbocycles. The van der Waals surface area contributed by atoms with Crippen LogP contribution in [0.25, 0.3) is 0 Å². The van der Waals surface area contributed by atoms with Gasteiger partial charge in [-0.15, -0.1) is 0 Å². The van der Waals surface area contributed by atoms with Gasteiger partial charge in [0, 0.05) is 6.20 Å². The van der Waals surface area contributed by atoms with Crippen molar-refractivity contribution >= 4 is 12.0 Å². The Hall–Kier alpha value is -2.15. The molecule has 0 aliphatic rings. The number of nitrogens with zero attached hydrogens (tertiary/aromatic N) is 1. The van der Waals surface area contributed by atoms with E-state index < -0.39 is 18.1 Å². The standard InChI is InChI=1S/C11H15N3O4/c1-7-3-2-4-12-8(7)5-13-11(18)14-6-9(15)10(16)17/h2-4,9,15H,5-6H2,1H3,(H,16,17)(H2,13,14,18). The largest absolute Gasteiger partial charge is 0.479 e. The van der Waals surface area contributed by atoms with Gasteiger partial charge in [0.2, 0.25) is 0 Å². The molecule has 1 rings (SSSR count). The van der Waals surface area contributed by atoms with Crippen LogP contribution in [0.1, 0.15) is 11.3 Å². The number of amides is 2. The quantitative estimate of drug-likeness (QED) is 0.572. The lowest BCUT2D eigenvalue weighted by atomic mass is 10.2. The van der Waals surface area contributed by atoms with Crippen LogP contribution in [0.4, 0.5) is 4.79 Å². The first kappa shape index (κ1) is 13.9. The van der Waals surface area contributed by atoms with E-state index >= 15 is 0 Å². The Kier molecular flexibility index (Phi) is 5.06. The second kappa shape index (κ2) is 6.55. The molecule has 0 bridgehead atoms. The number of aliphatic hydroxyl groups excluding tert-OH is 1. The second-order valence-electron chi connectivity index (χ2n) is 3.68. The molecule has 0 fully saturated rings. The molecular formula is C11H15N3O4. The Morgan fingerprint density at radius 2 is 2.17 bits per heavy atom. The van der Waals surface area contributed by atoms with Crippen LogP contribution in [0.3, 0.4) is 0 Å². The Morgan fingerprint density at radius 3 is 2.78 bits per heavy atom. The van der Waals surface area contributed by atoms with Crippen molar-refractivity contribution in [1.82, 2.24) is 15.6 Å². The number of aromatic nitrogens is 1. The molecule has 0 spiro atoms. The van der Waals surface area contributed by atoms with Crippen LogP contribution < -0.4 is 10.6 Å². The average molecular weight is 253 g/mol. The van der Waals surface area contributed by atoms with Gasteiger partial charge in [-0.2, -0.15) is 0 Å². The number of aliphatic carboxylic acids is 1. The zero-order valence-corrected chi connectivity index (χ0v) is 9.88. The number of hydrogen-bond acceptors (Lipinski definition) is 4. The van der Waals surface area contributed by atoms with E-state index in [0.717, 1.165) is 11.3 Å². The first-order chi connectivity index (χ1) is 8.50. The number of pyridine rings is 1. The van der Waals surface area contributed by atoms with Crippen molar-refractivity contribution in [2.45, 2.75) is 19.6 Å². The van der Waals surface area contributed by atoms with Crippen LogP contribution in [0.2, 0.25) is 0 Å². The normalized spacial score (nSPS) is 11.7. The van der Waals surface area contributed by atoms with Crippen molar-refractivity contribution in [2.75, 3.05) is 6.54 Å². The Morgan fingerprint density at radius 1 is 1.44 bits per heavy atom. The first-order valence-corrected chi connectivity index (χ1v) is 5.33. The smallest absolute Gasteiger partial charge is 0.334 e. The molecular weight excluding hydrogens is 238 g/mol. The highest BCUT2D eigenvalue weighted by Gasteiger charge is 2.13. The van der Waals surface area contributed by atoms with Crippen molar-refractivity contribution in [1.29, 1.82) is 0 Å². The Bertz CT molecular complexity index is 436. The molecule has 1 atom stereocenters. The van der Waals surface area contributed by atoms with Crippen molar-refractivity contribution < 1.29 is 19.8 Å². The number of aryl methyl sites for hydroxylation is 1. The SMILES string of the molecule is Cc1cccnc1CNC(=O)NCC(O)C(=O)O. The number of carboxylic acid groups (broad SMARTS) is 1. The van der Waals surface area contributed by atoms with E-state index in [4.69, 9.17) is 10.2 Å². The van der Waals surface area contributed by atoms with Gasteiger partial charge in [-0.3, -0.25) is 4.98 Å². The number of carbonyl (C=O) groups is 2. The molecule has 4 N–H and O–H groups in total. The number of aliphatic hydroxyl groups is 1. The van der Waals surface area contributed by atoms with E-state index in [1.807, 2.05) is 13.0 Å². The Labute approximate surface area is 104 Å². The summed E-state index contributed by atoms with van der Waals surface area (Å²) >= 11 is 0. The van der Waals surface area contributed by atoms with Crippen molar-refractivity contribution in [3.05, 3.63) is 29.6 Å². The predicted molar refractivity (Wildman–Crippen MR) is 62.9 cm³/mol. The summed E-state index contributed by atoms with van der Waals surface area (Å²) in [6.07, 6.45) is 0.0168. The van der Waals surface area contributed by atoms with Gasteiger partial charge in [-0.05, 0) is 18.6 Å². The molecule has 7 heteroatoms. The molecule has 0 radical (unpaired) electrons. The van der Waals surface area contributed by atoms with Crippen LogP contribution in [-0.4, -0.2) is 39.8 Å². The monoisotopic (exact) mass is 253 g/mol. The van der Waals surface area contributed by atoms with Gasteiger partial charge in [-0.25, -0.2) is 9.59 Å². The molecule has 1 aromatic rings. The van der Waals surface area contributed by atoms with Gasteiger partial charge >= 0.3 is 12.0 Å². The number of urea groups is 1. The third-order valence-electron chi connectivity index (χ3n) is 2.28. The van der Waals surface area contributed by atoms with E-state index in [-0.39, 0.29) is 13.1 Å². The molecule has 7 nitrogen and oxygen atoms in total. The summed E-state index contributed by atoms with van der Waals surface area (Å²) < 4.78 is 0. The van der Waals surface area contributed by atoms with Crippen molar-refractivity contribution in [3.8, 4) is 0 Å². The van der Waals surface area contributed by atoms with Gasteiger partial charge in [0.1, 0.15) is 0 Å². The van der Waals surface area contributed by atoms with Gasteiger partial charge in [-0.1, -0.05) is 6.07 Å². The summed E-state index contributed by atoms with van der Waals surface area (Å²) in [6.45, 7) is 1.76. The maximum absolute atomic E-state index is 11.3. The number of rotatable bonds is 5. The molecule has 98 valence electrons. The average Bonchev–Trinajstić information content (AvgIpc) is 2.34. The van der Waals surface area contributed by atoms with Crippen LogP contribution in [0, 0.1) is 6.92 Å². The number of carbonyl (C=O) groups excluding carboxylic acids is 1. The minimum absolute atomic E-state index is 0.238. The summed E-state index contributed by atoms with van der Waals surface area (Å²) in [5.41, 5.74) is 1.68. The van der Waals surface area contributed by atoms with Crippen LogP contribution in [0.15, 0.2) is 18.3 Å². The fourth-order valence-electron chi connectivity index (χ4n) is 1.21. The zero-order valence-electron chi connectivity index (χ0n) is 9.88. The van der Waals surface area contributed by atoms with Gasteiger partial charge in [0.25, 0.3) is 0 Å². The molecule has 0 aliphatic heterocycles. The Balaban J connectivity index is 2.34. The number of nitrogens with one attached hydrogen (secondary N) is 2. The van der Waals surface area contributed by atoms with E-state index in [1.165, 1.54) is 0 Å². The number of hydrogen-bond donors (Lipinski definition) is 4. The maximum atomic E-state index is 11.3. The summed E-state index contributed by atoms with van der Waals surface area (Å²) in [6, 6.07) is 3.11. The highest BCUT2D eigenvalue weighted by Crippen LogP contribution is 2.01. The van der Waals surface area contributed by atoms with E-state index in [0.29, 0.717) is 0 Å². The zero-order chi connectivity index (χ0) is 13.5.